The van der Waals surface area contributed by atoms with Crippen molar-refractivity contribution in [3.8, 4) is 5.75 Å². The predicted octanol–water partition coefficient (Wildman–Crippen LogP) is 2.14. The van der Waals surface area contributed by atoms with Crippen LogP contribution in [0.25, 0.3) is 0 Å². The van der Waals surface area contributed by atoms with Crippen LogP contribution in [0.5, 0.6) is 5.75 Å². The summed E-state index contributed by atoms with van der Waals surface area (Å²) in [5.41, 5.74) is -1.33. The van der Waals surface area contributed by atoms with Crippen LogP contribution in [0, 0.1) is 11.6 Å². The zero-order chi connectivity index (χ0) is 17.6. The molecule has 0 aliphatic rings. The van der Waals surface area contributed by atoms with Gasteiger partial charge < -0.3 is 24.9 Å². The van der Waals surface area contributed by atoms with Crippen molar-refractivity contribution in [3.63, 3.8) is 0 Å². The molecule has 1 aromatic heterocycles. The highest BCUT2D eigenvalue weighted by Crippen LogP contribution is 2.19. The Morgan fingerprint density at radius 1 is 1.29 bits per heavy atom. The van der Waals surface area contributed by atoms with E-state index >= 15 is 0 Å². The molecule has 1 aromatic carbocycles. The molecule has 1 atom stereocenters. The van der Waals surface area contributed by atoms with E-state index < -0.39 is 23.3 Å². The number of rotatable bonds is 7. The fourth-order valence-corrected chi connectivity index (χ4v) is 1.89. The lowest BCUT2D eigenvalue weighted by atomic mass is 10.0. The molecule has 6 nitrogen and oxygen atoms in total. The number of carbonyl (C=O) groups is 1. The Morgan fingerprint density at radius 3 is 2.75 bits per heavy atom. The summed E-state index contributed by atoms with van der Waals surface area (Å²) in [6.45, 7) is 1.69. The first-order valence-corrected chi connectivity index (χ1v) is 7.24. The molecule has 0 aliphatic heterocycles. The van der Waals surface area contributed by atoms with Crippen LogP contribution >= 0.6 is 0 Å². The minimum atomic E-state index is -1.33. The van der Waals surface area contributed by atoms with E-state index in [0.717, 1.165) is 12.1 Å². The fourth-order valence-electron chi connectivity index (χ4n) is 1.89. The zero-order valence-corrected chi connectivity index (χ0v) is 13.0. The first kappa shape index (κ1) is 17.7. The van der Waals surface area contributed by atoms with Crippen LogP contribution in [0.1, 0.15) is 12.7 Å². The number of hydrogen-bond acceptors (Lipinski definition) is 4. The van der Waals surface area contributed by atoms with Crippen molar-refractivity contribution in [2.75, 3.05) is 19.7 Å². The second-order valence-electron chi connectivity index (χ2n) is 5.28. The van der Waals surface area contributed by atoms with E-state index in [4.69, 9.17) is 9.15 Å². The molecule has 0 aliphatic carbocycles. The second kappa shape index (κ2) is 7.78. The summed E-state index contributed by atoms with van der Waals surface area (Å²) >= 11 is 0. The molecule has 24 heavy (non-hydrogen) atoms. The maximum atomic E-state index is 13.0. The van der Waals surface area contributed by atoms with Gasteiger partial charge in [0.1, 0.15) is 23.7 Å². The Bertz CT molecular complexity index is 675. The van der Waals surface area contributed by atoms with Crippen LogP contribution in [-0.4, -0.2) is 30.8 Å². The average molecular weight is 340 g/mol. The summed E-state index contributed by atoms with van der Waals surface area (Å²) in [5.74, 6) is -1.46. The van der Waals surface area contributed by atoms with Gasteiger partial charge in [0, 0.05) is 6.07 Å². The third-order valence-electron chi connectivity index (χ3n) is 3.19. The first-order valence-electron chi connectivity index (χ1n) is 7.24. The molecule has 2 amide bonds. The number of ether oxygens (including phenoxy) is 1. The number of furan rings is 1. The van der Waals surface area contributed by atoms with E-state index in [1.165, 1.54) is 19.3 Å². The largest absolute Gasteiger partial charge is 0.492 e. The minimum Gasteiger partial charge on any atom is -0.492 e. The van der Waals surface area contributed by atoms with Crippen molar-refractivity contribution in [2.45, 2.75) is 12.5 Å². The molecular formula is C16H18F2N2O4. The van der Waals surface area contributed by atoms with E-state index in [-0.39, 0.29) is 25.4 Å². The molecular weight excluding hydrogens is 322 g/mol. The molecule has 0 saturated carbocycles. The summed E-state index contributed by atoms with van der Waals surface area (Å²) in [6.07, 6.45) is 1.43. The molecule has 0 bridgehead atoms. The van der Waals surface area contributed by atoms with E-state index in [2.05, 4.69) is 10.6 Å². The van der Waals surface area contributed by atoms with Crippen LogP contribution in [0.2, 0.25) is 0 Å². The third-order valence-corrected chi connectivity index (χ3v) is 3.19. The van der Waals surface area contributed by atoms with Gasteiger partial charge in [0.25, 0.3) is 0 Å². The first-order chi connectivity index (χ1) is 11.4. The summed E-state index contributed by atoms with van der Waals surface area (Å²) in [7, 11) is 0. The maximum Gasteiger partial charge on any atom is 0.315 e. The molecule has 1 unspecified atom stereocenters. The predicted molar refractivity (Wildman–Crippen MR) is 81.5 cm³/mol. The number of hydrogen-bond donors (Lipinski definition) is 3. The molecule has 0 saturated heterocycles. The number of aliphatic hydroxyl groups is 1. The molecule has 1 heterocycles. The minimum absolute atomic E-state index is 0.0453. The highest BCUT2D eigenvalue weighted by molar-refractivity contribution is 5.73. The quantitative estimate of drug-likeness (QED) is 0.675. The van der Waals surface area contributed by atoms with Gasteiger partial charge in [-0.25, -0.2) is 13.6 Å². The lowest BCUT2D eigenvalue weighted by molar-refractivity contribution is 0.0367. The molecule has 2 rings (SSSR count). The van der Waals surface area contributed by atoms with Crippen molar-refractivity contribution in [1.29, 1.82) is 0 Å². The number of halogens is 2. The lowest BCUT2D eigenvalue weighted by Crippen LogP contribution is -2.44. The van der Waals surface area contributed by atoms with E-state index in [1.54, 1.807) is 12.1 Å². The zero-order valence-electron chi connectivity index (χ0n) is 13.0. The summed E-state index contributed by atoms with van der Waals surface area (Å²) in [6, 6.07) is 5.92. The van der Waals surface area contributed by atoms with Crippen LogP contribution in [0.4, 0.5) is 13.6 Å². The summed E-state index contributed by atoms with van der Waals surface area (Å²) in [5, 5.41) is 15.2. The number of urea groups is 1. The maximum absolute atomic E-state index is 13.0. The molecule has 0 fully saturated rings. The van der Waals surface area contributed by atoms with Gasteiger partial charge in [-0.05, 0) is 31.2 Å². The molecule has 8 heteroatoms. The second-order valence-corrected chi connectivity index (χ2v) is 5.28. The molecule has 130 valence electrons. The number of amides is 2. The highest BCUT2D eigenvalue weighted by atomic mass is 19.2. The Morgan fingerprint density at radius 2 is 2.08 bits per heavy atom. The van der Waals surface area contributed by atoms with Crippen LogP contribution in [-0.2, 0) is 5.60 Å². The van der Waals surface area contributed by atoms with Crippen molar-refractivity contribution in [3.05, 3.63) is 54.0 Å². The normalized spacial score (nSPS) is 13.2. The van der Waals surface area contributed by atoms with Gasteiger partial charge in [-0.15, -0.1) is 0 Å². The van der Waals surface area contributed by atoms with E-state index in [9.17, 15) is 18.7 Å². The van der Waals surface area contributed by atoms with Gasteiger partial charge in [-0.3, -0.25) is 0 Å². The smallest absolute Gasteiger partial charge is 0.315 e. The Hall–Kier alpha value is -2.61. The van der Waals surface area contributed by atoms with Crippen LogP contribution < -0.4 is 15.4 Å². The molecule has 0 spiro atoms. The fraction of sp³-hybridized carbons (Fsp3) is 0.312. The summed E-state index contributed by atoms with van der Waals surface area (Å²) in [4.78, 5) is 11.6. The van der Waals surface area contributed by atoms with Crippen molar-refractivity contribution < 1.29 is 27.8 Å². The topological polar surface area (TPSA) is 83.7 Å². The Labute approximate surface area is 137 Å². The van der Waals surface area contributed by atoms with Gasteiger partial charge in [0.2, 0.25) is 0 Å². The van der Waals surface area contributed by atoms with Crippen LogP contribution in [0.15, 0.2) is 41.0 Å². The number of carbonyl (C=O) groups excluding carboxylic acids is 1. The molecule has 2 aromatic rings. The molecule has 0 radical (unpaired) electrons. The Kier molecular flexibility index (Phi) is 5.75. The monoisotopic (exact) mass is 340 g/mol. The van der Waals surface area contributed by atoms with Gasteiger partial charge in [0.15, 0.2) is 11.6 Å². The Balaban J connectivity index is 1.67. The van der Waals surface area contributed by atoms with Crippen LogP contribution in [0.3, 0.4) is 0 Å². The number of benzene rings is 1. The van der Waals surface area contributed by atoms with Crippen molar-refractivity contribution >= 4 is 6.03 Å². The van der Waals surface area contributed by atoms with Crippen molar-refractivity contribution in [2.24, 2.45) is 0 Å². The third kappa shape index (κ3) is 4.95. The van der Waals surface area contributed by atoms with E-state index in [1.807, 2.05) is 0 Å². The standard InChI is InChI=1S/C16H18F2N2O4/c1-16(22,14-3-2-7-24-14)10-20-15(21)19-6-8-23-11-4-5-12(17)13(18)9-11/h2-5,7,9,22H,6,8,10H2,1H3,(H2,19,20,21). The van der Waals surface area contributed by atoms with Gasteiger partial charge in [-0.1, -0.05) is 0 Å². The van der Waals surface area contributed by atoms with Gasteiger partial charge in [0.05, 0.1) is 19.4 Å². The van der Waals surface area contributed by atoms with Gasteiger partial charge >= 0.3 is 6.03 Å². The highest BCUT2D eigenvalue weighted by Gasteiger charge is 2.26. The van der Waals surface area contributed by atoms with E-state index in [0.29, 0.717) is 5.76 Å². The molecule has 3 N–H and O–H groups in total. The SMILES string of the molecule is CC(O)(CNC(=O)NCCOc1ccc(F)c(F)c1)c1ccco1. The van der Waals surface area contributed by atoms with Crippen molar-refractivity contribution in [1.82, 2.24) is 10.6 Å². The lowest BCUT2D eigenvalue weighted by Gasteiger charge is -2.21. The summed E-state index contributed by atoms with van der Waals surface area (Å²) < 4.78 is 36.0. The number of nitrogens with one attached hydrogen (secondary N) is 2. The average Bonchev–Trinajstić information content (AvgIpc) is 3.08. The van der Waals surface area contributed by atoms with Gasteiger partial charge in [-0.2, -0.15) is 0 Å².